The van der Waals surface area contributed by atoms with Crippen LogP contribution in [0.3, 0.4) is 0 Å². The lowest BCUT2D eigenvalue weighted by Gasteiger charge is -2.26. The van der Waals surface area contributed by atoms with E-state index in [0.717, 1.165) is 5.56 Å². The third-order valence-electron chi connectivity index (χ3n) is 4.50. The van der Waals surface area contributed by atoms with Crippen LogP contribution in [0.2, 0.25) is 5.02 Å². The van der Waals surface area contributed by atoms with Gasteiger partial charge in [0.1, 0.15) is 11.8 Å². The molecule has 2 atom stereocenters. The number of benzene rings is 1. The maximum absolute atomic E-state index is 13.0. The number of carbonyl (C=O) groups excluding carboxylic acids is 4. The summed E-state index contributed by atoms with van der Waals surface area (Å²) < 4.78 is 5.11. The molecule has 1 saturated heterocycles. The molecule has 1 aromatic rings. The second-order valence-corrected chi connectivity index (χ2v) is 8.75. The first-order valence-corrected chi connectivity index (χ1v) is 9.02. The molecule has 0 aliphatic carbocycles. The van der Waals surface area contributed by atoms with Crippen molar-refractivity contribution in [3.63, 3.8) is 0 Å². The monoisotopic (exact) mass is 393 g/mol. The minimum Gasteiger partial charge on any atom is -0.451 e. The lowest BCUT2D eigenvalue weighted by atomic mass is 9.74. The van der Waals surface area contributed by atoms with Gasteiger partial charge in [0, 0.05) is 5.41 Å². The van der Waals surface area contributed by atoms with E-state index in [1.54, 1.807) is 39.0 Å². The Morgan fingerprint density at radius 1 is 1.22 bits per heavy atom. The fourth-order valence-corrected chi connectivity index (χ4v) is 3.13. The van der Waals surface area contributed by atoms with Crippen LogP contribution in [0.5, 0.6) is 0 Å². The van der Waals surface area contributed by atoms with Crippen LogP contribution in [-0.4, -0.2) is 29.0 Å². The average Bonchev–Trinajstić information content (AvgIpc) is 2.72. The molecule has 27 heavy (non-hydrogen) atoms. The number of cyclic esters (lactones) is 1. The van der Waals surface area contributed by atoms with Crippen LogP contribution in [0.25, 0.3) is 0 Å². The Kier molecular flexibility index (Phi) is 5.53. The van der Waals surface area contributed by atoms with Crippen molar-refractivity contribution in [1.82, 2.24) is 0 Å². The van der Waals surface area contributed by atoms with Gasteiger partial charge in [-0.3, -0.25) is 19.2 Å². The number of ether oxygens (including phenoxy) is 1. The molecule has 1 aromatic carbocycles. The molecule has 0 radical (unpaired) electrons. The molecule has 2 rings (SSSR count). The number of rotatable bonds is 4. The minimum absolute atomic E-state index is 0.288. The first-order chi connectivity index (χ1) is 12.3. The topological polar surface area (TPSA) is 89.5 Å². The number of hydrogen-bond donors (Lipinski definition) is 1. The van der Waals surface area contributed by atoms with Crippen molar-refractivity contribution in [3.05, 3.63) is 28.8 Å². The number of ketones is 2. The van der Waals surface area contributed by atoms with Gasteiger partial charge in [-0.25, -0.2) is 0 Å². The summed E-state index contributed by atoms with van der Waals surface area (Å²) in [4.78, 5) is 51.0. The first-order valence-electron chi connectivity index (χ1n) is 8.64. The van der Waals surface area contributed by atoms with Crippen LogP contribution in [0.1, 0.15) is 40.2 Å². The number of esters is 1. The lowest BCUT2D eigenvalue weighted by Crippen LogP contribution is -2.46. The van der Waals surface area contributed by atoms with Crippen molar-refractivity contribution in [2.75, 3.05) is 5.32 Å². The summed E-state index contributed by atoms with van der Waals surface area (Å²) >= 11 is 6.12. The maximum Gasteiger partial charge on any atom is 0.318 e. The average molecular weight is 394 g/mol. The highest BCUT2D eigenvalue weighted by molar-refractivity contribution is 6.34. The Balaban J connectivity index is 2.46. The van der Waals surface area contributed by atoms with Gasteiger partial charge in [-0.15, -0.1) is 0 Å². The molecule has 1 heterocycles. The van der Waals surface area contributed by atoms with Gasteiger partial charge in [0.2, 0.25) is 5.91 Å². The standard InChI is InChI=1S/C20H24ClNO5/c1-10-7-8-11(21)12(9-10)22-17(25)13(15(23)19(2,3)4)14-16(24)20(5,6)27-18(14)26/h7-9,13-14H,1-6H3,(H,22,25). The molecule has 1 N–H and O–H groups in total. The lowest BCUT2D eigenvalue weighted by molar-refractivity contribution is -0.153. The van der Waals surface area contributed by atoms with Gasteiger partial charge in [0.05, 0.1) is 10.7 Å². The summed E-state index contributed by atoms with van der Waals surface area (Å²) in [5.74, 6) is -5.69. The summed E-state index contributed by atoms with van der Waals surface area (Å²) in [6.07, 6.45) is 0. The highest BCUT2D eigenvalue weighted by Gasteiger charge is 2.57. The van der Waals surface area contributed by atoms with Crippen molar-refractivity contribution >= 4 is 40.7 Å². The Morgan fingerprint density at radius 3 is 2.30 bits per heavy atom. The predicted octanol–water partition coefficient (Wildman–Crippen LogP) is 3.34. The number of aryl methyl sites for hydroxylation is 1. The summed E-state index contributed by atoms with van der Waals surface area (Å²) in [5, 5.41) is 2.89. The zero-order valence-electron chi connectivity index (χ0n) is 16.3. The molecule has 1 fully saturated rings. The molecule has 1 amide bonds. The molecular formula is C20H24ClNO5. The molecule has 1 aliphatic rings. The molecule has 2 unspecified atom stereocenters. The molecule has 0 bridgehead atoms. The molecule has 7 heteroatoms. The SMILES string of the molecule is Cc1ccc(Cl)c(NC(=O)C(C(=O)C(C)(C)C)C2C(=O)OC(C)(C)C2=O)c1. The first kappa shape index (κ1) is 21.1. The van der Waals surface area contributed by atoms with Crippen molar-refractivity contribution in [2.45, 2.75) is 47.1 Å². The predicted molar refractivity (Wildman–Crippen MR) is 101 cm³/mol. The highest BCUT2D eigenvalue weighted by Crippen LogP contribution is 2.36. The second kappa shape index (κ2) is 7.08. The van der Waals surface area contributed by atoms with Crippen LogP contribution < -0.4 is 5.32 Å². The van der Waals surface area contributed by atoms with Gasteiger partial charge in [-0.2, -0.15) is 0 Å². The number of nitrogens with one attached hydrogen (secondary N) is 1. The van der Waals surface area contributed by atoms with Gasteiger partial charge in [0.15, 0.2) is 17.2 Å². The molecule has 0 saturated carbocycles. The van der Waals surface area contributed by atoms with E-state index in [-0.39, 0.29) is 5.02 Å². The van der Waals surface area contributed by atoms with Crippen LogP contribution in [0.4, 0.5) is 5.69 Å². The fraction of sp³-hybridized carbons (Fsp3) is 0.500. The number of Topliss-reactive ketones (excluding diaryl/α,β-unsaturated/α-hetero) is 2. The second-order valence-electron chi connectivity index (χ2n) is 8.34. The van der Waals surface area contributed by atoms with Crippen molar-refractivity contribution < 1.29 is 23.9 Å². The minimum atomic E-state index is -1.50. The zero-order valence-corrected chi connectivity index (χ0v) is 17.1. The molecule has 146 valence electrons. The van der Waals surface area contributed by atoms with Crippen molar-refractivity contribution in [2.24, 2.45) is 17.3 Å². The van der Waals surface area contributed by atoms with Crippen LogP contribution in [0.15, 0.2) is 18.2 Å². The van der Waals surface area contributed by atoms with E-state index in [1.807, 2.05) is 6.92 Å². The van der Waals surface area contributed by atoms with E-state index in [0.29, 0.717) is 5.69 Å². The third kappa shape index (κ3) is 4.21. The van der Waals surface area contributed by atoms with Crippen LogP contribution in [-0.2, 0) is 23.9 Å². The number of carbonyl (C=O) groups is 4. The summed E-state index contributed by atoms with van der Waals surface area (Å²) in [5.41, 5.74) is -1.15. The zero-order chi connectivity index (χ0) is 20.7. The van der Waals surface area contributed by atoms with Crippen molar-refractivity contribution in [1.29, 1.82) is 0 Å². The number of amides is 1. The number of hydrogen-bond acceptors (Lipinski definition) is 5. The molecule has 1 aliphatic heterocycles. The van der Waals surface area contributed by atoms with E-state index in [1.165, 1.54) is 13.8 Å². The quantitative estimate of drug-likeness (QED) is 0.626. The van der Waals surface area contributed by atoms with E-state index >= 15 is 0 Å². The largest absolute Gasteiger partial charge is 0.451 e. The van der Waals surface area contributed by atoms with Gasteiger partial charge in [-0.1, -0.05) is 38.4 Å². The Morgan fingerprint density at radius 2 is 1.81 bits per heavy atom. The number of halogens is 1. The van der Waals surface area contributed by atoms with Gasteiger partial charge in [0.25, 0.3) is 0 Å². The summed E-state index contributed by atoms with van der Waals surface area (Å²) in [6, 6.07) is 5.04. The molecular weight excluding hydrogens is 370 g/mol. The van der Waals surface area contributed by atoms with Crippen LogP contribution >= 0.6 is 11.6 Å². The molecule has 0 aromatic heterocycles. The van der Waals surface area contributed by atoms with Gasteiger partial charge in [-0.05, 0) is 38.5 Å². The maximum atomic E-state index is 13.0. The van der Waals surface area contributed by atoms with E-state index in [2.05, 4.69) is 5.32 Å². The van der Waals surface area contributed by atoms with Gasteiger partial charge < -0.3 is 10.1 Å². The number of anilines is 1. The molecule has 0 spiro atoms. The van der Waals surface area contributed by atoms with E-state index < -0.39 is 46.3 Å². The molecule has 6 nitrogen and oxygen atoms in total. The summed E-state index contributed by atoms with van der Waals surface area (Å²) in [7, 11) is 0. The van der Waals surface area contributed by atoms with E-state index in [4.69, 9.17) is 16.3 Å². The van der Waals surface area contributed by atoms with Crippen LogP contribution in [0, 0.1) is 24.2 Å². The Labute approximate surface area is 163 Å². The van der Waals surface area contributed by atoms with Gasteiger partial charge >= 0.3 is 5.97 Å². The third-order valence-corrected chi connectivity index (χ3v) is 4.83. The van der Waals surface area contributed by atoms with E-state index in [9.17, 15) is 19.2 Å². The fourth-order valence-electron chi connectivity index (χ4n) is 2.97. The van der Waals surface area contributed by atoms with Crippen molar-refractivity contribution in [3.8, 4) is 0 Å². The Hall–Kier alpha value is -2.21. The summed E-state index contributed by atoms with van der Waals surface area (Å²) in [6.45, 7) is 9.61. The smallest absolute Gasteiger partial charge is 0.318 e. The highest BCUT2D eigenvalue weighted by atomic mass is 35.5. The Bertz CT molecular complexity index is 822. The normalized spacial score (nSPS) is 20.2.